The van der Waals surface area contributed by atoms with Crippen molar-refractivity contribution in [2.45, 2.75) is 53.0 Å². The van der Waals surface area contributed by atoms with Crippen LogP contribution in [0.4, 0.5) is 5.69 Å². The molecule has 0 aromatic heterocycles. The van der Waals surface area contributed by atoms with Gasteiger partial charge in [0.15, 0.2) is 0 Å². The Labute approximate surface area is 185 Å². The van der Waals surface area contributed by atoms with Gasteiger partial charge in [-0.15, -0.1) is 0 Å². The second-order valence-corrected chi connectivity index (χ2v) is 8.68. The van der Waals surface area contributed by atoms with Crippen molar-refractivity contribution >= 4 is 23.4 Å². The van der Waals surface area contributed by atoms with E-state index in [1.54, 1.807) is 13.3 Å². The summed E-state index contributed by atoms with van der Waals surface area (Å²) in [5, 5.41) is 4.21. The number of benzene rings is 2. The molecule has 164 valence electrons. The number of hydrogen-bond acceptors (Lipinski definition) is 4. The number of methoxy groups -OCH3 is 1. The van der Waals surface area contributed by atoms with E-state index in [0.29, 0.717) is 0 Å². The minimum atomic E-state index is -0.149. The van der Waals surface area contributed by atoms with Gasteiger partial charge >= 0.3 is 0 Å². The van der Waals surface area contributed by atoms with Crippen LogP contribution in [0.5, 0.6) is 5.75 Å². The molecule has 1 N–H and O–H groups in total. The van der Waals surface area contributed by atoms with Crippen LogP contribution in [0.2, 0.25) is 0 Å². The average molecular weight is 420 g/mol. The van der Waals surface area contributed by atoms with Gasteiger partial charge in [0.1, 0.15) is 5.75 Å². The lowest BCUT2D eigenvalue weighted by Gasteiger charge is -2.43. The Balaban J connectivity index is 1.74. The summed E-state index contributed by atoms with van der Waals surface area (Å²) in [7, 11) is 1.62. The summed E-state index contributed by atoms with van der Waals surface area (Å²) in [6.45, 7) is 12.0. The van der Waals surface area contributed by atoms with Gasteiger partial charge in [-0.25, -0.2) is 5.43 Å². The number of aryl methyl sites for hydroxylation is 1. The summed E-state index contributed by atoms with van der Waals surface area (Å²) in [6, 6.07) is 11.9. The van der Waals surface area contributed by atoms with E-state index in [1.807, 2.05) is 24.3 Å². The minimum absolute atomic E-state index is 0.00935. The van der Waals surface area contributed by atoms with Crippen molar-refractivity contribution in [1.82, 2.24) is 5.43 Å². The zero-order valence-electron chi connectivity index (χ0n) is 19.5. The van der Waals surface area contributed by atoms with Crippen LogP contribution >= 0.6 is 0 Å². The highest BCUT2D eigenvalue weighted by Gasteiger charge is 2.31. The van der Waals surface area contributed by atoms with Gasteiger partial charge < -0.3 is 9.64 Å². The minimum Gasteiger partial charge on any atom is -0.497 e. The molecular weight excluding hydrogens is 386 g/mol. The molecule has 2 aromatic rings. The maximum absolute atomic E-state index is 12.2. The average Bonchev–Trinajstić information content (AvgIpc) is 2.72. The Morgan fingerprint density at radius 3 is 2.55 bits per heavy atom. The fourth-order valence-corrected chi connectivity index (χ4v) is 4.16. The second-order valence-electron chi connectivity index (χ2n) is 8.68. The van der Waals surface area contributed by atoms with Crippen LogP contribution in [0.1, 0.15) is 56.4 Å². The molecule has 5 heteroatoms. The van der Waals surface area contributed by atoms with E-state index in [4.69, 9.17) is 4.74 Å². The molecule has 0 saturated carbocycles. The summed E-state index contributed by atoms with van der Waals surface area (Å²) in [5.41, 5.74) is 9.46. The molecule has 2 aromatic carbocycles. The van der Waals surface area contributed by atoms with Gasteiger partial charge in [-0.3, -0.25) is 4.79 Å². The van der Waals surface area contributed by atoms with Crippen LogP contribution < -0.4 is 15.1 Å². The topological polar surface area (TPSA) is 53.9 Å². The Hall–Kier alpha value is -3.08. The van der Waals surface area contributed by atoms with E-state index in [9.17, 15) is 4.79 Å². The van der Waals surface area contributed by atoms with E-state index in [2.05, 4.69) is 68.3 Å². The summed E-state index contributed by atoms with van der Waals surface area (Å²) in [4.78, 5) is 14.7. The molecule has 0 radical (unpaired) electrons. The molecule has 0 saturated heterocycles. The van der Waals surface area contributed by atoms with E-state index >= 15 is 0 Å². The molecule has 0 unspecified atom stereocenters. The van der Waals surface area contributed by atoms with Crippen molar-refractivity contribution in [3.8, 4) is 5.75 Å². The molecule has 0 atom stereocenters. The van der Waals surface area contributed by atoms with Crippen LogP contribution in [-0.2, 0) is 11.2 Å². The molecule has 1 heterocycles. The fraction of sp³-hybridized carbons (Fsp3) is 0.385. The number of fused-ring (bicyclic) bond motifs is 1. The van der Waals surface area contributed by atoms with Crippen molar-refractivity contribution in [1.29, 1.82) is 0 Å². The number of hydrazone groups is 1. The first-order valence-electron chi connectivity index (χ1n) is 10.8. The Morgan fingerprint density at radius 2 is 1.90 bits per heavy atom. The normalized spacial score (nSPS) is 14.9. The smallest absolute Gasteiger partial charge is 0.244 e. The van der Waals surface area contributed by atoms with Gasteiger partial charge in [-0.1, -0.05) is 25.1 Å². The molecule has 1 amide bonds. The predicted molar refractivity (Wildman–Crippen MR) is 129 cm³/mol. The maximum atomic E-state index is 12.2. The lowest BCUT2D eigenvalue weighted by atomic mass is 9.87. The van der Waals surface area contributed by atoms with Crippen molar-refractivity contribution in [3.05, 3.63) is 64.7 Å². The molecule has 1 aliphatic heterocycles. The van der Waals surface area contributed by atoms with Crippen molar-refractivity contribution < 1.29 is 9.53 Å². The summed E-state index contributed by atoms with van der Waals surface area (Å²) in [5.74, 6) is 0.624. The van der Waals surface area contributed by atoms with Gasteiger partial charge in [0.2, 0.25) is 5.91 Å². The zero-order valence-corrected chi connectivity index (χ0v) is 19.5. The molecule has 31 heavy (non-hydrogen) atoms. The number of carbonyl (C=O) groups excluding carboxylic acids is 1. The zero-order chi connectivity index (χ0) is 22.6. The van der Waals surface area contributed by atoms with Crippen LogP contribution in [0.25, 0.3) is 5.57 Å². The number of ether oxygens (including phenoxy) is 1. The number of carbonyl (C=O) groups is 1. The largest absolute Gasteiger partial charge is 0.497 e. The molecule has 0 spiro atoms. The number of hydrogen-bond donors (Lipinski definition) is 1. The van der Waals surface area contributed by atoms with Crippen LogP contribution in [0.15, 0.2) is 47.6 Å². The Bertz CT molecular complexity index is 1000. The van der Waals surface area contributed by atoms with Gasteiger partial charge in [0.25, 0.3) is 0 Å². The lowest BCUT2D eigenvalue weighted by Crippen LogP contribution is -2.45. The SMILES string of the molecule is CCCN1c2cc(C)c(/C=N/NC(=O)Cc3ccc(OC)cc3)cc2C(C)=CC1(C)C. The van der Waals surface area contributed by atoms with Gasteiger partial charge in [-0.2, -0.15) is 5.10 Å². The Kier molecular flexibility index (Phi) is 6.84. The monoisotopic (exact) mass is 419 g/mol. The highest BCUT2D eigenvalue weighted by molar-refractivity contribution is 5.90. The van der Waals surface area contributed by atoms with Gasteiger partial charge in [0, 0.05) is 17.8 Å². The van der Waals surface area contributed by atoms with Gasteiger partial charge in [0.05, 0.1) is 25.3 Å². The lowest BCUT2D eigenvalue weighted by molar-refractivity contribution is -0.120. The fourth-order valence-electron chi connectivity index (χ4n) is 4.16. The summed E-state index contributed by atoms with van der Waals surface area (Å²) >= 11 is 0. The quantitative estimate of drug-likeness (QED) is 0.501. The summed E-state index contributed by atoms with van der Waals surface area (Å²) < 4.78 is 5.15. The number of allylic oxidation sites excluding steroid dienone is 1. The highest BCUT2D eigenvalue weighted by Crippen LogP contribution is 2.40. The third kappa shape index (κ3) is 5.16. The highest BCUT2D eigenvalue weighted by atomic mass is 16.5. The number of amides is 1. The molecule has 0 fully saturated rings. The Morgan fingerprint density at radius 1 is 1.19 bits per heavy atom. The van der Waals surface area contributed by atoms with E-state index < -0.39 is 0 Å². The first-order valence-corrected chi connectivity index (χ1v) is 10.8. The molecule has 0 aliphatic carbocycles. The summed E-state index contributed by atoms with van der Waals surface area (Å²) in [6.07, 6.45) is 5.43. The third-order valence-electron chi connectivity index (χ3n) is 5.73. The van der Waals surface area contributed by atoms with Crippen molar-refractivity contribution in [2.75, 3.05) is 18.6 Å². The first kappa shape index (κ1) is 22.6. The van der Waals surface area contributed by atoms with Gasteiger partial charge in [-0.05, 0) is 80.6 Å². The van der Waals surface area contributed by atoms with Crippen LogP contribution in [0.3, 0.4) is 0 Å². The molecular formula is C26H33N3O2. The molecule has 3 rings (SSSR count). The first-order chi connectivity index (χ1) is 14.7. The van der Waals surface area contributed by atoms with E-state index in [-0.39, 0.29) is 17.9 Å². The number of anilines is 1. The molecule has 1 aliphatic rings. The van der Waals surface area contributed by atoms with E-state index in [1.165, 1.54) is 16.8 Å². The molecule has 0 bridgehead atoms. The number of rotatable bonds is 7. The maximum Gasteiger partial charge on any atom is 0.244 e. The van der Waals surface area contributed by atoms with Crippen molar-refractivity contribution in [3.63, 3.8) is 0 Å². The van der Waals surface area contributed by atoms with Crippen LogP contribution in [-0.4, -0.2) is 31.3 Å². The van der Waals surface area contributed by atoms with Crippen LogP contribution in [0, 0.1) is 6.92 Å². The van der Waals surface area contributed by atoms with E-state index in [0.717, 1.165) is 35.4 Å². The van der Waals surface area contributed by atoms with Crippen molar-refractivity contribution in [2.24, 2.45) is 5.10 Å². The number of nitrogens with one attached hydrogen (secondary N) is 1. The molecule has 5 nitrogen and oxygen atoms in total. The predicted octanol–water partition coefficient (Wildman–Crippen LogP) is 5.11. The number of nitrogens with zero attached hydrogens (tertiary/aromatic N) is 2. The standard InChI is InChI=1S/C26H33N3O2/c1-7-12-29-24-13-18(2)21(15-23(24)19(3)16-26(29,4)5)17-27-28-25(30)14-20-8-10-22(31-6)11-9-20/h8-11,13,15-17H,7,12,14H2,1-6H3,(H,28,30)/b27-17+. The second kappa shape index (κ2) is 9.38. The third-order valence-corrected chi connectivity index (χ3v) is 5.73.